The SMILES string of the molecule is CCC(c1ccc(O)cc1)N1CCNCC1C(=O)N(C)C. The fraction of sp³-hybridized carbons (Fsp3) is 0.562. The predicted molar refractivity (Wildman–Crippen MR) is 83.2 cm³/mol. The van der Waals surface area contributed by atoms with Crippen LogP contribution in [0.1, 0.15) is 24.9 Å². The summed E-state index contributed by atoms with van der Waals surface area (Å²) in [6, 6.07) is 7.38. The summed E-state index contributed by atoms with van der Waals surface area (Å²) in [7, 11) is 3.60. The lowest BCUT2D eigenvalue weighted by molar-refractivity contribution is -0.136. The van der Waals surface area contributed by atoms with Gasteiger partial charge >= 0.3 is 0 Å². The number of carbonyl (C=O) groups is 1. The number of likely N-dealkylation sites (N-methyl/N-ethyl adjacent to an activating group) is 1. The molecule has 2 unspecified atom stereocenters. The number of hydrogen-bond donors (Lipinski definition) is 2. The van der Waals surface area contributed by atoms with Gasteiger partial charge in [0.15, 0.2) is 0 Å². The van der Waals surface area contributed by atoms with Gasteiger partial charge in [-0.05, 0) is 24.1 Å². The van der Waals surface area contributed by atoms with Crippen LogP contribution in [-0.4, -0.2) is 60.6 Å². The molecule has 1 aromatic rings. The number of aromatic hydroxyl groups is 1. The molecule has 0 saturated carbocycles. The molecule has 5 heteroatoms. The second-order valence-corrected chi connectivity index (χ2v) is 5.71. The first-order valence-corrected chi connectivity index (χ1v) is 7.51. The highest BCUT2D eigenvalue weighted by molar-refractivity contribution is 5.81. The first-order valence-electron chi connectivity index (χ1n) is 7.51. The van der Waals surface area contributed by atoms with Gasteiger partial charge in [0.2, 0.25) is 5.91 Å². The Bertz CT molecular complexity index is 473. The molecule has 5 nitrogen and oxygen atoms in total. The molecule has 1 fully saturated rings. The molecule has 1 aromatic carbocycles. The minimum absolute atomic E-state index is 0.132. The number of amides is 1. The van der Waals surface area contributed by atoms with Crippen LogP contribution < -0.4 is 5.32 Å². The molecular weight excluding hydrogens is 266 g/mol. The number of piperazine rings is 1. The second kappa shape index (κ2) is 6.91. The smallest absolute Gasteiger partial charge is 0.240 e. The largest absolute Gasteiger partial charge is 0.508 e. The summed E-state index contributed by atoms with van der Waals surface area (Å²) < 4.78 is 0. The van der Waals surface area contributed by atoms with Gasteiger partial charge in [0.05, 0.1) is 0 Å². The lowest BCUT2D eigenvalue weighted by atomic mass is 9.99. The van der Waals surface area contributed by atoms with Gasteiger partial charge in [0.1, 0.15) is 11.8 Å². The first-order chi connectivity index (χ1) is 10.0. The van der Waals surface area contributed by atoms with Crippen molar-refractivity contribution in [2.45, 2.75) is 25.4 Å². The Hall–Kier alpha value is -1.59. The molecule has 1 aliphatic heterocycles. The zero-order valence-corrected chi connectivity index (χ0v) is 13.0. The van der Waals surface area contributed by atoms with Crippen molar-refractivity contribution in [3.63, 3.8) is 0 Å². The molecule has 1 saturated heterocycles. The third-order valence-corrected chi connectivity index (χ3v) is 4.08. The topological polar surface area (TPSA) is 55.8 Å². The maximum absolute atomic E-state index is 12.4. The Morgan fingerprint density at radius 1 is 1.43 bits per heavy atom. The van der Waals surface area contributed by atoms with E-state index >= 15 is 0 Å². The van der Waals surface area contributed by atoms with Crippen molar-refractivity contribution in [3.8, 4) is 5.75 Å². The number of rotatable bonds is 4. The van der Waals surface area contributed by atoms with E-state index in [0.29, 0.717) is 6.54 Å². The van der Waals surface area contributed by atoms with Crippen LogP contribution in [0.25, 0.3) is 0 Å². The molecule has 0 aromatic heterocycles. The lowest BCUT2D eigenvalue weighted by Gasteiger charge is -2.41. The van der Waals surface area contributed by atoms with Crippen molar-refractivity contribution in [1.29, 1.82) is 0 Å². The fourth-order valence-corrected chi connectivity index (χ4v) is 2.98. The van der Waals surface area contributed by atoms with Crippen LogP contribution in [0.2, 0.25) is 0 Å². The Morgan fingerprint density at radius 2 is 2.10 bits per heavy atom. The predicted octanol–water partition coefficient (Wildman–Crippen LogP) is 1.21. The van der Waals surface area contributed by atoms with E-state index in [0.717, 1.165) is 25.1 Å². The summed E-state index contributed by atoms with van der Waals surface area (Å²) in [5, 5.41) is 12.8. The van der Waals surface area contributed by atoms with Crippen molar-refractivity contribution in [1.82, 2.24) is 15.1 Å². The third kappa shape index (κ3) is 3.54. The molecule has 21 heavy (non-hydrogen) atoms. The molecule has 0 spiro atoms. The van der Waals surface area contributed by atoms with E-state index in [1.165, 1.54) is 0 Å². The Labute approximate surface area is 126 Å². The zero-order valence-electron chi connectivity index (χ0n) is 13.0. The van der Waals surface area contributed by atoms with E-state index < -0.39 is 0 Å². The van der Waals surface area contributed by atoms with Crippen LogP contribution in [0.4, 0.5) is 0 Å². The van der Waals surface area contributed by atoms with E-state index in [-0.39, 0.29) is 23.7 Å². The fourth-order valence-electron chi connectivity index (χ4n) is 2.98. The molecule has 1 aliphatic rings. The van der Waals surface area contributed by atoms with Gasteiger partial charge in [-0.15, -0.1) is 0 Å². The summed E-state index contributed by atoms with van der Waals surface area (Å²) in [5.74, 6) is 0.411. The van der Waals surface area contributed by atoms with Crippen LogP contribution in [0.15, 0.2) is 24.3 Å². The maximum atomic E-state index is 12.4. The van der Waals surface area contributed by atoms with Crippen molar-refractivity contribution in [2.75, 3.05) is 33.7 Å². The number of hydrogen-bond acceptors (Lipinski definition) is 4. The Balaban J connectivity index is 2.25. The molecule has 0 aliphatic carbocycles. The standard InChI is InChI=1S/C16H25N3O2/c1-4-14(12-5-7-13(20)8-6-12)19-10-9-17-11-15(19)16(21)18(2)3/h5-8,14-15,17,20H,4,9-11H2,1-3H3. The average Bonchev–Trinajstić information content (AvgIpc) is 2.49. The van der Waals surface area contributed by atoms with Crippen LogP contribution in [0.5, 0.6) is 5.75 Å². The van der Waals surface area contributed by atoms with Gasteiger partial charge in [-0.1, -0.05) is 19.1 Å². The molecule has 2 atom stereocenters. The van der Waals surface area contributed by atoms with E-state index in [2.05, 4.69) is 17.1 Å². The molecule has 1 heterocycles. The van der Waals surface area contributed by atoms with E-state index in [1.54, 1.807) is 31.1 Å². The van der Waals surface area contributed by atoms with Crippen LogP contribution in [-0.2, 0) is 4.79 Å². The second-order valence-electron chi connectivity index (χ2n) is 5.71. The highest BCUT2D eigenvalue weighted by Gasteiger charge is 2.34. The number of phenolic OH excluding ortho intramolecular Hbond substituents is 1. The van der Waals surface area contributed by atoms with Crippen molar-refractivity contribution in [3.05, 3.63) is 29.8 Å². The summed E-state index contributed by atoms with van der Waals surface area (Å²) in [4.78, 5) is 16.4. The van der Waals surface area contributed by atoms with Crippen molar-refractivity contribution < 1.29 is 9.90 Å². The first kappa shape index (κ1) is 15.8. The van der Waals surface area contributed by atoms with E-state index in [9.17, 15) is 9.90 Å². The molecule has 116 valence electrons. The molecule has 1 amide bonds. The highest BCUT2D eigenvalue weighted by Crippen LogP contribution is 2.28. The number of carbonyl (C=O) groups excluding carboxylic acids is 1. The number of nitrogens with zero attached hydrogens (tertiary/aromatic N) is 2. The molecule has 0 radical (unpaired) electrons. The summed E-state index contributed by atoms with van der Waals surface area (Å²) in [5.41, 5.74) is 1.15. The van der Waals surface area contributed by atoms with E-state index in [1.807, 2.05) is 12.1 Å². The summed E-state index contributed by atoms with van der Waals surface area (Å²) >= 11 is 0. The monoisotopic (exact) mass is 291 g/mol. The minimum atomic E-state index is -0.132. The van der Waals surface area contributed by atoms with Crippen molar-refractivity contribution >= 4 is 5.91 Å². The van der Waals surface area contributed by atoms with Crippen LogP contribution in [0, 0.1) is 0 Å². The van der Waals surface area contributed by atoms with Crippen LogP contribution >= 0.6 is 0 Å². The number of nitrogens with one attached hydrogen (secondary N) is 1. The van der Waals surface area contributed by atoms with Gasteiger partial charge in [0.25, 0.3) is 0 Å². The average molecular weight is 291 g/mol. The van der Waals surface area contributed by atoms with E-state index in [4.69, 9.17) is 0 Å². The normalized spacial score (nSPS) is 21.0. The van der Waals surface area contributed by atoms with Gasteiger partial charge in [-0.3, -0.25) is 9.69 Å². The Morgan fingerprint density at radius 3 is 2.67 bits per heavy atom. The summed E-state index contributed by atoms with van der Waals surface area (Å²) in [6.45, 7) is 4.57. The minimum Gasteiger partial charge on any atom is -0.508 e. The van der Waals surface area contributed by atoms with Crippen LogP contribution in [0.3, 0.4) is 0 Å². The zero-order chi connectivity index (χ0) is 15.4. The van der Waals surface area contributed by atoms with Crippen molar-refractivity contribution in [2.24, 2.45) is 0 Å². The lowest BCUT2D eigenvalue weighted by Crippen LogP contribution is -2.58. The quantitative estimate of drug-likeness (QED) is 0.875. The van der Waals surface area contributed by atoms with Gasteiger partial charge in [-0.2, -0.15) is 0 Å². The highest BCUT2D eigenvalue weighted by atomic mass is 16.3. The third-order valence-electron chi connectivity index (χ3n) is 4.08. The molecular formula is C16H25N3O2. The molecule has 2 N–H and O–H groups in total. The maximum Gasteiger partial charge on any atom is 0.240 e. The summed E-state index contributed by atoms with van der Waals surface area (Å²) in [6.07, 6.45) is 0.933. The Kier molecular flexibility index (Phi) is 5.20. The molecule has 0 bridgehead atoms. The number of benzene rings is 1. The van der Waals surface area contributed by atoms with Gasteiger partial charge in [-0.25, -0.2) is 0 Å². The number of phenols is 1. The van der Waals surface area contributed by atoms with Gasteiger partial charge in [0, 0.05) is 39.8 Å². The molecule has 2 rings (SSSR count). The van der Waals surface area contributed by atoms with Gasteiger partial charge < -0.3 is 15.3 Å².